The Morgan fingerprint density at radius 1 is 1.55 bits per heavy atom. The van der Waals surface area contributed by atoms with Crippen molar-refractivity contribution in [2.24, 2.45) is 22.4 Å². The maximum atomic E-state index is 5.26. The largest absolute Gasteiger partial charge is 0.381 e. The lowest BCUT2D eigenvalue weighted by molar-refractivity contribution is 0.0582. The number of nitrogens with two attached hydrogens (primary N) is 2. The van der Waals surface area contributed by atoms with Crippen LogP contribution in [0.15, 0.2) is 4.99 Å². The average Bonchev–Trinajstić information content (AvgIpc) is 2.03. The summed E-state index contributed by atoms with van der Waals surface area (Å²) in [5.74, 6) is 0.696. The van der Waals surface area contributed by atoms with Crippen LogP contribution in [0.3, 0.4) is 0 Å². The highest BCUT2D eigenvalue weighted by Crippen LogP contribution is 2.13. The quantitative estimate of drug-likeness (QED) is 0.426. The van der Waals surface area contributed by atoms with Crippen LogP contribution in [0.2, 0.25) is 0 Å². The van der Waals surface area contributed by atoms with E-state index in [1.165, 1.54) is 6.42 Å². The zero-order valence-corrected chi connectivity index (χ0v) is 6.62. The zero-order valence-electron chi connectivity index (χ0n) is 6.62. The molecule has 0 saturated carbocycles. The lowest BCUT2D eigenvalue weighted by Gasteiger charge is -2.19. The van der Waals surface area contributed by atoms with Crippen molar-refractivity contribution in [1.29, 1.82) is 0 Å². The van der Waals surface area contributed by atoms with E-state index in [1.807, 2.05) is 0 Å². The second-order valence-electron chi connectivity index (χ2n) is 2.85. The molecule has 1 rings (SSSR count). The molecular weight excluding hydrogens is 142 g/mol. The number of ether oxygens (including phenoxy) is 1. The van der Waals surface area contributed by atoms with Gasteiger partial charge in [0.2, 0.25) is 0 Å². The molecule has 4 N–H and O–H groups in total. The number of aliphatic imine (C=N–C) groups is 1. The van der Waals surface area contributed by atoms with Gasteiger partial charge in [0, 0.05) is 19.1 Å². The first kappa shape index (κ1) is 8.33. The summed E-state index contributed by atoms with van der Waals surface area (Å²) in [5.41, 5.74) is 10.4. The van der Waals surface area contributed by atoms with Crippen LogP contribution in [0.5, 0.6) is 0 Å². The molecule has 1 unspecified atom stereocenters. The smallest absolute Gasteiger partial charge is 0.185 e. The summed E-state index contributed by atoms with van der Waals surface area (Å²) in [7, 11) is 0. The molecule has 0 aromatic carbocycles. The van der Waals surface area contributed by atoms with Crippen molar-refractivity contribution in [2.45, 2.75) is 12.8 Å². The summed E-state index contributed by atoms with van der Waals surface area (Å²) >= 11 is 0. The molecule has 0 aromatic rings. The fourth-order valence-electron chi connectivity index (χ4n) is 1.19. The van der Waals surface area contributed by atoms with Crippen molar-refractivity contribution < 1.29 is 4.74 Å². The summed E-state index contributed by atoms with van der Waals surface area (Å²) in [6.07, 6.45) is 2.31. The third kappa shape index (κ3) is 3.23. The van der Waals surface area contributed by atoms with E-state index in [2.05, 4.69) is 4.99 Å². The topological polar surface area (TPSA) is 73.6 Å². The van der Waals surface area contributed by atoms with Gasteiger partial charge in [-0.25, -0.2) is 0 Å². The van der Waals surface area contributed by atoms with Crippen LogP contribution >= 0.6 is 0 Å². The van der Waals surface area contributed by atoms with Crippen LogP contribution in [-0.2, 0) is 4.74 Å². The van der Waals surface area contributed by atoms with E-state index in [9.17, 15) is 0 Å². The Morgan fingerprint density at radius 3 is 2.91 bits per heavy atom. The number of hydrogen-bond donors (Lipinski definition) is 2. The van der Waals surface area contributed by atoms with E-state index in [0.29, 0.717) is 12.5 Å². The lowest BCUT2D eigenvalue weighted by Crippen LogP contribution is -2.26. The first-order valence-electron chi connectivity index (χ1n) is 3.92. The molecule has 0 radical (unpaired) electrons. The van der Waals surface area contributed by atoms with Crippen LogP contribution in [0, 0.1) is 5.92 Å². The Morgan fingerprint density at radius 2 is 2.36 bits per heavy atom. The van der Waals surface area contributed by atoms with Gasteiger partial charge in [-0.05, 0) is 12.8 Å². The van der Waals surface area contributed by atoms with E-state index in [0.717, 1.165) is 19.6 Å². The van der Waals surface area contributed by atoms with Gasteiger partial charge in [0.15, 0.2) is 5.96 Å². The number of rotatable bonds is 2. The molecule has 0 bridgehead atoms. The Kier molecular flexibility index (Phi) is 3.16. The lowest BCUT2D eigenvalue weighted by atomic mass is 10.0. The normalized spacial score (nSPS) is 24.5. The Bertz CT molecular complexity index is 137. The first-order valence-corrected chi connectivity index (χ1v) is 3.92. The second kappa shape index (κ2) is 4.18. The number of hydrogen-bond acceptors (Lipinski definition) is 2. The van der Waals surface area contributed by atoms with Gasteiger partial charge in [-0.15, -0.1) is 0 Å². The summed E-state index contributed by atoms with van der Waals surface area (Å²) in [6, 6.07) is 0. The molecule has 1 aliphatic rings. The standard InChI is InChI=1S/C7H15N3O/c8-7(9)10-4-6-2-1-3-11-5-6/h6H,1-5H2,(H4,8,9,10). The van der Waals surface area contributed by atoms with E-state index in [4.69, 9.17) is 16.2 Å². The molecular formula is C7H15N3O. The van der Waals surface area contributed by atoms with Gasteiger partial charge in [-0.2, -0.15) is 0 Å². The van der Waals surface area contributed by atoms with Crippen molar-refractivity contribution in [3.8, 4) is 0 Å². The predicted molar refractivity (Wildman–Crippen MR) is 44.2 cm³/mol. The molecule has 1 heterocycles. The Balaban J connectivity index is 2.19. The highest BCUT2D eigenvalue weighted by atomic mass is 16.5. The third-order valence-electron chi connectivity index (χ3n) is 1.79. The molecule has 0 amide bonds. The SMILES string of the molecule is NC(N)=NCC1CCCOC1. The zero-order chi connectivity index (χ0) is 8.10. The van der Waals surface area contributed by atoms with Gasteiger partial charge in [0.25, 0.3) is 0 Å². The van der Waals surface area contributed by atoms with Crippen LogP contribution < -0.4 is 11.5 Å². The van der Waals surface area contributed by atoms with Gasteiger partial charge in [-0.1, -0.05) is 0 Å². The summed E-state index contributed by atoms with van der Waals surface area (Å²) in [6.45, 7) is 2.40. The molecule has 1 atom stereocenters. The fourth-order valence-corrected chi connectivity index (χ4v) is 1.19. The molecule has 1 saturated heterocycles. The molecule has 64 valence electrons. The highest BCUT2D eigenvalue weighted by molar-refractivity contribution is 5.75. The van der Waals surface area contributed by atoms with Gasteiger partial charge < -0.3 is 16.2 Å². The number of nitrogens with zero attached hydrogens (tertiary/aromatic N) is 1. The minimum Gasteiger partial charge on any atom is -0.381 e. The van der Waals surface area contributed by atoms with Crippen LogP contribution in [0.25, 0.3) is 0 Å². The molecule has 0 aliphatic carbocycles. The Labute approximate surface area is 66.6 Å². The van der Waals surface area contributed by atoms with Gasteiger partial charge in [-0.3, -0.25) is 4.99 Å². The Hall–Kier alpha value is -0.770. The fraction of sp³-hybridized carbons (Fsp3) is 0.857. The molecule has 1 aliphatic heterocycles. The van der Waals surface area contributed by atoms with E-state index < -0.39 is 0 Å². The van der Waals surface area contributed by atoms with Gasteiger partial charge >= 0.3 is 0 Å². The first-order chi connectivity index (χ1) is 5.29. The van der Waals surface area contributed by atoms with Crippen molar-refractivity contribution in [3.05, 3.63) is 0 Å². The van der Waals surface area contributed by atoms with E-state index in [-0.39, 0.29) is 5.96 Å². The number of guanidine groups is 1. The minimum atomic E-state index is 0.176. The minimum absolute atomic E-state index is 0.176. The average molecular weight is 157 g/mol. The maximum absolute atomic E-state index is 5.26. The molecule has 0 spiro atoms. The summed E-state index contributed by atoms with van der Waals surface area (Å²) in [5, 5.41) is 0. The van der Waals surface area contributed by atoms with Crippen molar-refractivity contribution in [1.82, 2.24) is 0 Å². The maximum Gasteiger partial charge on any atom is 0.185 e. The summed E-state index contributed by atoms with van der Waals surface area (Å²) in [4.78, 5) is 3.94. The van der Waals surface area contributed by atoms with E-state index in [1.54, 1.807) is 0 Å². The predicted octanol–water partition coefficient (Wildman–Crippen LogP) is -0.314. The molecule has 1 fully saturated rings. The highest BCUT2D eigenvalue weighted by Gasteiger charge is 2.12. The summed E-state index contributed by atoms with van der Waals surface area (Å²) < 4.78 is 5.26. The molecule has 0 aromatic heterocycles. The van der Waals surface area contributed by atoms with Crippen molar-refractivity contribution in [3.63, 3.8) is 0 Å². The van der Waals surface area contributed by atoms with Gasteiger partial charge in [0.05, 0.1) is 6.61 Å². The van der Waals surface area contributed by atoms with Crippen molar-refractivity contribution in [2.75, 3.05) is 19.8 Å². The molecule has 4 nitrogen and oxygen atoms in total. The van der Waals surface area contributed by atoms with Crippen LogP contribution in [-0.4, -0.2) is 25.7 Å². The van der Waals surface area contributed by atoms with Crippen molar-refractivity contribution >= 4 is 5.96 Å². The molecule has 11 heavy (non-hydrogen) atoms. The second-order valence-corrected chi connectivity index (χ2v) is 2.85. The van der Waals surface area contributed by atoms with E-state index >= 15 is 0 Å². The van der Waals surface area contributed by atoms with Crippen LogP contribution in [0.4, 0.5) is 0 Å². The van der Waals surface area contributed by atoms with Gasteiger partial charge in [0.1, 0.15) is 0 Å². The van der Waals surface area contributed by atoms with Crippen LogP contribution in [0.1, 0.15) is 12.8 Å². The third-order valence-corrected chi connectivity index (χ3v) is 1.79. The molecule has 4 heteroatoms. The monoisotopic (exact) mass is 157 g/mol.